The number of hydrogen-bond acceptors (Lipinski definition) is 5. The Hall–Kier alpha value is -4.77. The van der Waals surface area contributed by atoms with Gasteiger partial charge in [0.2, 0.25) is 11.8 Å². The van der Waals surface area contributed by atoms with Crippen LogP contribution in [0.5, 0.6) is 0 Å². The molecule has 3 aromatic carbocycles. The first-order valence-electron chi connectivity index (χ1n) is 11.9. The number of nitrogens with zero attached hydrogens (tertiary/aromatic N) is 4. The van der Waals surface area contributed by atoms with Gasteiger partial charge in [-0.1, -0.05) is 59.8 Å². The van der Waals surface area contributed by atoms with E-state index >= 15 is 0 Å². The molecule has 0 aliphatic rings. The maximum absolute atomic E-state index is 13.1. The van der Waals surface area contributed by atoms with Crippen molar-refractivity contribution >= 4 is 11.8 Å². The molecule has 186 valence electrons. The van der Waals surface area contributed by atoms with Crippen LogP contribution in [0.1, 0.15) is 30.7 Å². The first-order chi connectivity index (χ1) is 17.8. The molecule has 8 nitrogen and oxygen atoms in total. The first-order valence-corrected chi connectivity index (χ1v) is 11.9. The minimum Gasteiger partial charge on any atom is -0.357 e. The van der Waals surface area contributed by atoms with Crippen LogP contribution in [-0.2, 0) is 21.4 Å². The predicted molar refractivity (Wildman–Crippen MR) is 141 cm³/mol. The van der Waals surface area contributed by atoms with Gasteiger partial charge in [0.1, 0.15) is 6.04 Å². The van der Waals surface area contributed by atoms with Crippen molar-refractivity contribution in [1.82, 2.24) is 25.6 Å². The van der Waals surface area contributed by atoms with Crippen LogP contribution in [0, 0.1) is 11.3 Å². The third kappa shape index (κ3) is 5.73. The molecule has 1 heterocycles. The van der Waals surface area contributed by atoms with E-state index in [4.69, 9.17) is 5.26 Å². The van der Waals surface area contributed by atoms with Crippen molar-refractivity contribution in [2.24, 2.45) is 0 Å². The summed E-state index contributed by atoms with van der Waals surface area (Å²) >= 11 is 0. The lowest BCUT2D eigenvalue weighted by atomic mass is 9.83. The Morgan fingerprint density at radius 1 is 0.973 bits per heavy atom. The molecule has 4 rings (SSSR count). The van der Waals surface area contributed by atoms with Crippen LogP contribution in [0.15, 0.2) is 85.1 Å². The molecule has 0 bridgehead atoms. The number of carbonyl (C=O) groups is 2. The van der Waals surface area contributed by atoms with Crippen molar-refractivity contribution in [3.8, 4) is 22.9 Å². The Bertz CT molecular complexity index is 1420. The van der Waals surface area contributed by atoms with Crippen molar-refractivity contribution in [3.05, 3.63) is 102 Å². The highest BCUT2D eigenvalue weighted by molar-refractivity contribution is 5.92. The van der Waals surface area contributed by atoms with Crippen LogP contribution in [-0.4, -0.2) is 39.9 Å². The van der Waals surface area contributed by atoms with E-state index in [1.54, 1.807) is 23.0 Å². The summed E-state index contributed by atoms with van der Waals surface area (Å²) < 4.78 is 1.63. The summed E-state index contributed by atoms with van der Waals surface area (Å²) in [5, 5.41) is 22.9. The Kier molecular flexibility index (Phi) is 7.44. The zero-order valence-electron chi connectivity index (χ0n) is 21.0. The standard InChI is InChI=1S/C29H28N6O2/c1-29(2,23-7-5-4-6-8-23)28(37)32-26(27(36)31-3)17-24-19-35(34-33-24)25-15-13-22(14-16-25)21-11-9-20(18-30)10-12-21/h4-16,19,26H,17H2,1-3H3,(H,31,36)(H,32,37). The fourth-order valence-corrected chi connectivity index (χ4v) is 3.98. The average Bonchev–Trinajstić information content (AvgIpc) is 3.41. The number of benzene rings is 3. The molecular weight excluding hydrogens is 464 g/mol. The van der Waals surface area contributed by atoms with E-state index in [1.165, 1.54) is 7.05 Å². The molecule has 1 unspecified atom stereocenters. The highest BCUT2D eigenvalue weighted by Crippen LogP contribution is 2.24. The quantitative estimate of drug-likeness (QED) is 0.391. The molecule has 0 saturated carbocycles. The Morgan fingerprint density at radius 2 is 1.59 bits per heavy atom. The lowest BCUT2D eigenvalue weighted by molar-refractivity contribution is -0.131. The van der Waals surface area contributed by atoms with Gasteiger partial charge in [0.05, 0.1) is 34.6 Å². The van der Waals surface area contributed by atoms with Crippen molar-refractivity contribution < 1.29 is 9.59 Å². The number of likely N-dealkylation sites (N-methyl/N-ethyl adjacent to an activating group) is 1. The average molecular weight is 493 g/mol. The Labute approximate surface area is 215 Å². The molecule has 0 radical (unpaired) electrons. The van der Waals surface area contributed by atoms with E-state index in [0.717, 1.165) is 22.4 Å². The molecule has 0 saturated heterocycles. The molecule has 37 heavy (non-hydrogen) atoms. The van der Waals surface area contributed by atoms with Gasteiger partial charge in [0.25, 0.3) is 0 Å². The molecule has 0 aliphatic carbocycles. The summed E-state index contributed by atoms with van der Waals surface area (Å²) in [6.07, 6.45) is 1.95. The van der Waals surface area contributed by atoms with Crippen LogP contribution in [0.25, 0.3) is 16.8 Å². The zero-order valence-corrected chi connectivity index (χ0v) is 21.0. The summed E-state index contributed by atoms with van der Waals surface area (Å²) in [4.78, 5) is 25.8. The molecule has 2 N–H and O–H groups in total. The van der Waals surface area contributed by atoms with Gasteiger partial charge < -0.3 is 10.6 Å². The number of rotatable bonds is 8. The van der Waals surface area contributed by atoms with Gasteiger partial charge in [-0.3, -0.25) is 9.59 Å². The van der Waals surface area contributed by atoms with Crippen LogP contribution in [0.2, 0.25) is 0 Å². The fourth-order valence-electron chi connectivity index (χ4n) is 3.98. The Balaban J connectivity index is 1.47. The second kappa shape index (κ2) is 10.9. The second-order valence-corrected chi connectivity index (χ2v) is 9.23. The van der Waals surface area contributed by atoms with E-state index in [-0.39, 0.29) is 18.2 Å². The van der Waals surface area contributed by atoms with Crippen molar-refractivity contribution in [2.75, 3.05) is 7.05 Å². The number of aromatic nitrogens is 3. The van der Waals surface area contributed by atoms with Crippen molar-refractivity contribution in [2.45, 2.75) is 31.7 Å². The van der Waals surface area contributed by atoms with Gasteiger partial charge in [-0.15, -0.1) is 5.10 Å². The molecule has 0 fully saturated rings. The normalized spacial score (nSPS) is 11.8. The summed E-state index contributed by atoms with van der Waals surface area (Å²) in [6, 6.07) is 26.0. The van der Waals surface area contributed by atoms with Crippen LogP contribution >= 0.6 is 0 Å². The maximum atomic E-state index is 13.1. The topological polar surface area (TPSA) is 113 Å². The van der Waals surface area contributed by atoms with Gasteiger partial charge >= 0.3 is 0 Å². The number of nitriles is 1. The highest BCUT2D eigenvalue weighted by atomic mass is 16.2. The molecule has 4 aromatic rings. The van der Waals surface area contributed by atoms with E-state index in [2.05, 4.69) is 27.0 Å². The lowest BCUT2D eigenvalue weighted by Crippen LogP contribution is -2.52. The van der Waals surface area contributed by atoms with Crippen molar-refractivity contribution in [1.29, 1.82) is 5.26 Å². The maximum Gasteiger partial charge on any atom is 0.242 e. The molecular formula is C29H28N6O2. The Morgan fingerprint density at radius 3 is 2.19 bits per heavy atom. The number of amides is 2. The third-order valence-electron chi connectivity index (χ3n) is 6.36. The number of hydrogen-bond donors (Lipinski definition) is 2. The number of nitrogens with one attached hydrogen (secondary N) is 2. The summed E-state index contributed by atoms with van der Waals surface area (Å²) in [7, 11) is 1.54. The summed E-state index contributed by atoms with van der Waals surface area (Å²) in [6.45, 7) is 3.66. The minimum absolute atomic E-state index is 0.194. The smallest absolute Gasteiger partial charge is 0.242 e. The van der Waals surface area contributed by atoms with Gasteiger partial charge in [0, 0.05) is 13.5 Å². The molecule has 1 atom stereocenters. The van der Waals surface area contributed by atoms with E-state index in [0.29, 0.717) is 11.3 Å². The third-order valence-corrected chi connectivity index (χ3v) is 6.36. The molecule has 8 heteroatoms. The second-order valence-electron chi connectivity index (χ2n) is 9.23. The number of carbonyl (C=O) groups excluding carboxylic acids is 2. The minimum atomic E-state index is -0.818. The van der Waals surface area contributed by atoms with Crippen LogP contribution in [0.4, 0.5) is 0 Å². The SMILES string of the molecule is CNC(=O)C(Cc1cn(-c2ccc(-c3ccc(C#N)cc3)cc2)nn1)NC(=O)C(C)(C)c1ccccc1. The molecule has 0 spiro atoms. The van der Waals surface area contributed by atoms with Crippen LogP contribution < -0.4 is 10.6 Å². The van der Waals surface area contributed by atoms with Gasteiger partial charge in [-0.05, 0) is 54.8 Å². The van der Waals surface area contributed by atoms with Crippen LogP contribution in [0.3, 0.4) is 0 Å². The summed E-state index contributed by atoms with van der Waals surface area (Å²) in [5.41, 5.74) is 4.06. The van der Waals surface area contributed by atoms with E-state index in [9.17, 15) is 9.59 Å². The van der Waals surface area contributed by atoms with Gasteiger partial charge in [0.15, 0.2) is 0 Å². The molecule has 0 aliphatic heterocycles. The first kappa shape index (κ1) is 25.3. The zero-order chi connectivity index (χ0) is 26.4. The highest BCUT2D eigenvalue weighted by Gasteiger charge is 2.33. The van der Waals surface area contributed by atoms with E-state index in [1.807, 2.05) is 80.6 Å². The van der Waals surface area contributed by atoms with Crippen molar-refractivity contribution in [3.63, 3.8) is 0 Å². The summed E-state index contributed by atoms with van der Waals surface area (Å²) in [5.74, 6) is -0.559. The predicted octanol–water partition coefficient (Wildman–Crippen LogP) is 3.56. The molecule has 1 aromatic heterocycles. The largest absolute Gasteiger partial charge is 0.357 e. The lowest BCUT2D eigenvalue weighted by Gasteiger charge is -2.27. The van der Waals surface area contributed by atoms with Gasteiger partial charge in [-0.2, -0.15) is 5.26 Å². The monoisotopic (exact) mass is 492 g/mol. The fraction of sp³-hybridized carbons (Fsp3) is 0.207. The van der Waals surface area contributed by atoms with E-state index < -0.39 is 11.5 Å². The molecule has 2 amide bonds. The van der Waals surface area contributed by atoms with Gasteiger partial charge in [-0.25, -0.2) is 4.68 Å².